The molecule has 2 aromatic carbocycles. The van der Waals surface area contributed by atoms with Crippen LogP contribution in [0.15, 0.2) is 42.6 Å². The average molecular weight is 533 g/mol. The van der Waals surface area contributed by atoms with Crippen LogP contribution in [0.5, 0.6) is 6.01 Å². The Bertz CT molecular complexity index is 1520. The Hall–Kier alpha value is -3.07. The molecule has 2 aromatic heterocycles. The van der Waals surface area contributed by atoms with Gasteiger partial charge in [-0.25, -0.2) is 4.39 Å². The summed E-state index contributed by atoms with van der Waals surface area (Å²) in [5.74, 6) is 0.296. The lowest BCUT2D eigenvalue weighted by molar-refractivity contribution is 0.188. The number of rotatable bonds is 5. The number of hydrogen-bond acceptors (Lipinski definition) is 7. The van der Waals surface area contributed by atoms with Gasteiger partial charge < -0.3 is 19.9 Å². The SMILES string of the molecule is CN1CCC[C@H]1COc1nc(N2CC3CCC(C2)N3)c2ccc(-c3nccc4cccc(Cl)c34)c(F)c2n1. The summed E-state index contributed by atoms with van der Waals surface area (Å²) in [5.41, 5.74) is 1.12. The third-order valence-electron chi connectivity index (χ3n) is 8.35. The Morgan fingerprint density at radius 2 is 1.92 bits per heavy atom. The molecule has 9 heteroatoms. The van der Waals surface area contributed by atoms with Crippen molar-refractivity contribution in [2.45, 2.75) is 43.8 Å². The first-order chi connectivity index (χ1) is 18.5. The van der Waals surface area contributed by atoms with E-state index in [-0.39, 0.29) is 11.5 Å². The van der Waals surface area contributed by atoms with Crippen molar-refractivity contribution in [3.8, 4) is 17.3 Å². The van der Waals surface area contributed by atoms with Crippen molar-refractivity contribution in [1.29, 1.82) is 0 Å². The maximum absolute atomic E-state index is 16.4. The van der Waals surface area contributed by atoms with E-state index in [4.69, 9.17) is 21.3 Å². The predicted octanol–water partition coefficient (Wildman–Crippen LogP) is 5.05. The fraction of sp³-hybridized carbons (Fsp3) is 0.414. The summed E-state index contributed by atoms with van der Waals surface area (Å²) in [7, 11) is 2.11. The molecule has 3 fully saturated rings. The number of anilines is 1. The van der Waals surface area contributed by atoms with Gasteiger partial charge in [-0.3, -0.25) is 4.98 Å². The van der Waals surface area contributed by atoms with E-state index in [9.17, 15) is 0 Å². The normalized spacial score (nSPS) is 23.6. The molecule has 0 aliphatic carbocycles. The maximum atomic E-state index is 16.4. The Labute approximate surface area is 226 Å². The second kappa shape index (κ2) is 9.59. The van der Waals surface area contributed by atoms with Gasteiger partial charge in [0.25, 0.3) is 0 Å². The quantitative estimate of drug-likeness (QED) is 0.386. The maximum Gasteiger partial charge on any atom is 0.319 e. The van der Waals surface area contributed by atoms with Crippen LogP contribution >= 0.6 is 11.6 Å². The number of pyridine rings is 1. The first-order valence-electron chi connectivity index (χ1n) is 13.4. The number of halogens is 2. The molecule has 3 aliphatic rings. The fourth-order valence-electron chi connectivity index (χ4n) is 6.34. The van der Waals surface area contributed by atoms with E-state index in [2.05, 4.69) is 32.1 Å². The van der Waals surface area contributed by atoms with Gasteiger partial charge in [0.15, 0.2) is 5.82 Å². The van der Waals surface area contributed by atoms with Gasteiger partial charge in [0.1, 0.15) is 17.9 Å². The molecule has 2 unspecified atom stereocenters. The number of aromatic nitrogens is 3. The van der Waals surface area contributed by atoms with Crippen molar-refractivity contribution in [3.63, 3.8) is 0 Å². The van der Waals surface area contributed by atoms with Crippen LogP contribution in [-0.4, -0.2) is 71.3 Å². The summed E-state index contributed by atoms with van der Waals surface area (Å²) in [6.07, 6.45) is 6.20. The van der Waals surface area contributed by atoms with Gasteiger partial charge in [-0.2, -0.15) is 9.97 Å². The Balaban J connectivity index is 1.36. The zero-order valence-electron chi connectivity index (χ0n) is 21.3. The van der Waals surface area contributed by atoms with Gasteiger partial charge in [0.05, 0.1) is 10.7 Å². The van der Waals surface area contributed by atoms with E-state index in [1.54, 1.807) is 18.3 Å². The van der Waals surface area contributed by atoms with Crippen molar-refractivity contribution in [3.05, 3.63) is 53.4 Å². The number of piperazine rings is 1. The molecule has 7 nitrogen and oxygen atoms in total. The van der Waals surface area contributed by atoms with Crippen molar-refractivity contribution in [2.75, 3.05) is 38.2 Å². The molecule has 2 bridgehead atoms. The highest BCUT2D eigenvalue weighted by Crippen LogP contribution is 2.38. The molecule has 0 saturated carbocycles. The Kier molecular flexibility index (Phi) is 6.06. The van der Waals surface area contributed by atoms with Crippen LogP contribution < -0.4 is 15.0 Å². The standard InChI is InChI=1S/C29H30ClFN6O/c1-36-13-3-5-20(36)16-38-29-34-27-22(28(35-29)37-14-18-7-8-19(15-37)33-18)10-9-21(25(27)31)26-24-17(11-12-32-26)4-2-6-23(24)30/h2,4,6,9-12,18-20,33H,3,5,7-8,13-16H2,1H3/t18?,19?,20-/m0/s1. The van der Waals surface area contributed by atoms with Crippen LogP contribution in [-0.2, 0) is 0 Å². The number of fused-ring (bicyclic) bond motifs is 4. The summed E-state index contributed by atoms with van der Waals surface area (Å²) in [4.78, 5) is 18.6. The number of likely N-dealkylation sites (N-methyl/N-ethyl adjacent to an activating group) is 1. The molecule has 1 N–H and O–H groups in total. The molecule has 0 radical (unpaired) electrons. The van der Waals surface area contributed by atoms with Crippen molar-refractivity contribution >= 4 is 39.1 Å². The molecule has 0 amide bonds. The molecule has 196 valence electrons. The van der Waals surface area contributed by atoms with Gasteiger partial charge in [0.2, 0.25) is 0 Å². The summed E-state index contributed by atoms with van der Waals surface area (Å²) >= 11 is 6.56. The van der Waals surface area contributed by atoms with Crippen molar-refractivity contribution in [2.24, 2.45) is 0 Å². The highest BCUT2D eigenvalue weighted by molar-refractivity contribution is 6.36. The third-order valence-corrected chi connectivity index (χ3v) is 8.67. The van der Waals surface area contributed by atoms with Gasteiger partial charge >= 0.3 is 6.01 Å². The van der Waals surface area contributed by atoms with Crippen LogP contribution in [0.1, 0.15) is 25.7 Å². The molecule has 3 aliphatic heterocycles. The van der Waals surface area contributed by atoms with E-state index in [1.807, 2.05) is 24.3 Å². The van der Waals surface area contributed by atoms with Crippen molar-refractivity contribution in [1.82, 2.24) is 25.2 Å². The fourth-order valence-corrected chi connectivity index (χ4v) is 6.61. The minimum Gasteiger partial charge on any atom is -0.462 e. The molecule has 7 rings (SSSR count). The molecule has 5 heterocycles. The predicted molar refractivity (Wildman–Crippen MR) is 149 cm³/mol. The zero-order chi connectivity index (χ0) is 25.8. The lowest BCUT2D eigenvalue weighted by atomic mass is 10.0. The summed E-state index contributed by atoms with van der Waals surface area (Å²) < 4.78 is 22.6. The Morgan fingerprint density at radius 3 is 2.71 bits per heavy atom. The van der Waals surface area contributed by atoms with Crippen LogP contribution in [0.3, 0.4) is 0 Å². The van der Waals surface area contributed by atoms with Gasteiger partial charge in [-0.1, -0.05) is 23.7 Å². The monoisotopic (exact) mass is 532 g/mol. The largest absolute Gasteiger partial charge is 0.462 e. The molecule has 38 heavy (non-hydrogen) atoms. The molecular weight excluding hydrogens is 503 g/mol. The first-order valence-corrected chi connectivity index (χ1v) is 13.8. The Morgan fingerprint density at radius 1 is 1.08 bits per heavy atom. The summed E-state index contributed by atoms with van der Waals surface area (Å²) in [6, 6.07) is 12.6. The summed E-state index contributed by atoms with van der Waals surface area (Å²) in [5, 5.41) is 6.52. The highest BCUT2D eigenvalue weighted by atomic mass is 35.5. The minimum absolute atomic E-state index is 0.221. The number of hydrogen-bond donors (Lipinski definition) is 1. The average Bonchev–Trinajstić information content (AvgIpc) is 3.50. The smallest absolute Gasteiger partial charge is 0.319 e. The highest BCUT2D eigenvalue weighted by Gasteiger charge is 2.34. The van der Waals surface area contributed by atoms with E-state index in [0.29, 0.717) is 46.4 Å². The first kappa shape index (κ1) is 24.0. The zero-order valence-corrected chi connectivity index (χ0v) is 22.1. The minimum atomic E-state index is -0.438. The van der Waals surface area contributed by atoms with E-state index in [0.717, 1.165) is 61.9 Å². The van der Waals surface area contributed by atoms with Gasteiger partial charge in [0, 0.05) is 53.7 Å². The van der Waals surface area contributed by atoms with Crippen LogP contribution in [0.25, 0.3) is 32.9 Å². The lowest BCUT2D eigenvalue weighted by Gasteiger charge is -2.34. The third kappa shape index (κ3) is 4.15. The van der Waals surface area contributed by atoms with Crippen molar-refractivity contribution < 1.29 is 9.13 Å². The second-order valence-corrected chi connectivity index (χ2v) is 11.2. The number of nitrogens with zero attached hydrogens (tertiary/aromatic N) is 5. The van der Waals surface area contributed by atoms with E-state index in [1.165, 1.54) is 0 Å². The summed E-state index contributed by atoms with van der Waals surface area (Å²) in [6.45, 7) is 3.20. The molecule has 4 aromatic rings. The number of nitrogens with one attached hydrogen (secondary N) is 1. The lowest BCUT2D eigenvalue weighted by Crippen LogP contribution is -2.51. The van der Waals surface area contributed by atoms with Gasteiger partial charge in [-0.05, 0) is 68.9 Å². The van der Waals surface area contributed by atoms with E-state index >= 15 is 4.39 Å². The molecule has 3 saturated heterocycles. The van der Waals surface area contributed by atoms with Gasteiger partial charge in [-0.15, -0.1) is 0 Å². The molecule has 3 atom stereocenters. The number of likely N-dealkylation sites (tertiary alicyclic amines) is 1. The topological polar surface area (TPSA) is 66.4 Å². The van der Waals surface area contributed by atoms with Crippen LogP contribution in [0, 0.1) is 5.82 Å². The second-order valence-electron chi connectivity index (χ2n) is 10.8. The number of benzene rings is 2. The van der Waals surface area contributed by atoms with Crippen LogP contribution in [0.2, 0.25) is 5.02 Å². The molecular formula is C29H30ClFN6O. The molecule has 0 spiro atoms. The van der Waals surface area contributed by atoms with Crippen LogP contribution in [0.4, 0.5) is 10.2 Å². The van der Waals surface area contributed by atoms with E-state index < -0.39 is 5.82 Å². The number of ether oxygens (including phenoxy) is 1.